The molecule has 170 valence electrons. The Labute approximate surface area is 189 Å². The summed E-state index contributed by atoms with van der Waals surface area (Å²) >= 11 is 0. The van der Waals surface area contributed by atoms with Crippen LogP contribution in [0, 0.1) is 17.8 Å². The summed E-state index contributed by atoms with van der Waals surface area (Å²) < 4.78 is 0. The van der Waals surface area contributed by atoms with Crippen molar-refractivity contribution in [2.45, 2.75) is 51.9 Å². The quantitative estimate of drug-likeness (QED) is 0.730. The molecular weight excluding hydrogens is 402 g/mol. The van der Waals surface area contributed by atoms with Gasteiger partial charge in [0.2, 0.25) is 5.91 Å². The monoisotopic (exact) mass is 435 g/mol. The lowest BCUT2D eigenvalue weighted by atomic mass is 9.81. The average Bonchev–Trinajstić information content (AvgIpc) is 3.26. The van der Waals surface area contributed by atoms with Gasteiger partial charge in [0.05, 0.1) is 0 Å². The molecule has 0 atom stereocenters. The number of piperidine rings is 1. The number of fused-ring (bicyclic) bond motifs is 1. The van der Waals surface area contributed by atoms with Crippen molar-refractivity contribution >= 4 is 23.0 Å². The first-order chi connectivity index (χ1) is 15.5. The van der Waals surface area contributed by atoms with Gasteiger partial charge in [0, 0.05) is 37.8 Å². The molecule has 2 aromatic rings. The number of hydrogen-bond acceptors (Lipinski definition) is 5. The minimum absolute atomic E-state index is 0.0921. The summed E-state index contributed by atoms with van der Waals surface area (Å²) in [7, 11) is 0. The van der Waals surface area contributed by atoms with Gasteiger partial charge in [-0.2, -0.15) is 0 Å². The Morgan fingerprint density at radius 3 is 2.44 bits per heavy atom. The van der Waals surface area contributed by atoms with Gasteiger partial charge in [0.15, 0.2) is 0 Å². The minimum atomic E-state index is -0.366. The van der Waals surface area contributed by atoms with Gasteiger partial charge in [-0.25, -0.2) is 0 Å². The number of hydrogen-bond donors (Lipinski definition) is 1. The third-order valence-corrected chi connectivity index (χ3v) is 7.90. The lowest BCUT2D eigenvalue weighted by Crippen LogP contribution is -2.46. The number of rotatable bonds is 5. The van der Waals surface area contributed by atoms with Gasteiger partial charge in [-0.3, -0.25) is 14.4 Å². The van der Waals surface area contributed by atoms with E-state index in [4.69, 9.17) is 0 Å². The Balaban J connectivity index is 1.14. The van der Waals surface area contributed by atoms with Gasteiger partial charge in [0.25, 0.3) is 10.9 Å². The summed E-state index contributed by atoms with van der Waals surface area (Å²) in [5.74, 6) is 1.48. The molecule has 1 N–H and O–H groups in total. The van der Waals surface area contributed by atoms with E-state index in [1.54, 1.807) is 0 Å². The van der Waals surface area contributed by atoms with Crippen LogP contribution in [0.3, 0.4) is 0 Å². The standard InChI is InChI=1S/C26H33N3O3/c1-17-10-13-28(14-11-17)23-22(24(30)25(23)31)27-16-18-6-8-20(9-7-18)26(32)29-15-12-19-4-2-3-5-21(19)29/h2-5,17-18,20,27H,6-16H2,1H3. The number of carbonyl (C=O) groups excluding carboxylic acids is 1. The molecule has 5 rings (SSSR count). The average molecular weight is 436 g/mol. The predicted molar refractivity (Wildman–Crippen MR) is 128 cm³/mol. The molecule has 0 bridgehead atoms. The van der Waals surface area contributed by atoms with Crippen molar-refractivity contribution in [1.29, 1.82) is 0 Å². The highest BCUT2D eigenvalue weighted by Gasteiger charge is 2.33. The smallest absolute Gasteiger partial charge is 0.253 e. The summed E-state index contributed by atoms with van der Waals surface area (Å²) in [5, 5.41) is 3.31. The van der Waals surface area contributed by atoms with Crippen molar-refractivity contribution in [3.63, 3.8) is 0 Å². The Kier molecular flexibility index (Phi) is 5.78. The molecule has 0 radical (unpaired) electrons. The number of carbonyl (C=O) groups is 1. The normalized spacial score (nSPS) is 24.0. The van der Waals surface area contributed by atoms with Crippen LogP contribution < -0.4 is 26.0 Å². The van der Waals surface area contributed by atoms with Crippen LogP contribution in [-0.2, 0) is 11.2 Å². The van der Waals surface area contributed by atoms with Gasteiger partial charge in [-0.15, -0.1) is 0 Å². The highest BCUT2D eigenvalue weighted by atomic mass is 16.2. The highest BCUT2D eigenvalue weighted by molar-refractivity contribution is 5.97. The molecule has 0 unspecified atom stereocenters. The minimum Gasteiger partial charge on any atom is -0.380 e. The molecule has 1 saturated heterocycles. The fourth-order valence-corrected chi connectivity index (χ4v) is 5.73. The van der Waals surface area contributed by atoms with Crippen LogP contribution in [0.25, 0.3) is 0 Å². The van der Waals surface area contributed by atoms with Crippen LogP contribution in [0.4, 0.5) is 17.1 Å². The van der Waals surface area contributed by atoms with Gasteiger partial charge in [0.1, 0.15) is 11.4 Å². The molecule has 3 aliphatic rings. The molecule has 0 spiro atoms. The van der Waals surface area contributed by atoms with Gasteiger partial charge >= 0.3 is 0 Å². The second kappa shape index (κ2) is 8.72. The number of nitrogens with one attached hydrogen (secondary N) is 1. The van der Waals surface area contributed by atoms with E-state index >= 15 is 0 Å². The Morgan fingerprint density at radius 1 is 0.969 bits per heavy atom. The van der Waals surface area contributed by atoms with Gasteiger partial charge < -0.3 is 15.1 Å². The highest BCUT2D eigenvalue weighted by Crippen LogP contribution is 2.35. The molecule has 32 heavy (non-hydrogen) atoms. The molecule has 2 fully saturated rings. The second-order valence-electron chi connectivity index (χ2n) is 10.0. The summed E-state index contributed by atoms with van der Waals surface area (Å²) in [4.78, 5) is 41.6. The largest absolute Gasteiger partial charge is 0.380 e. The summed E-state index contributed by atoms with van der Waals surface area (Å²) in [5.41, 5.74) is 2.79. The maximum atomic E-state index is 13.1. The Hall–Kier alpha value is -2.63. The zero-order valence-corrected chi connectivity index (χ0v) is 18.9. The molecule has 2 aliphatic heterocycles. The van der Waals surface area contributed by atoms with Gasteiger partial charge in [-0.1, -0.05) is 25.1 Å². The third kappa shape index (κ3) is 3.84. The molecule has 1 saturated carbocycles. The molecule has 6 nitrogen and oxygen atoms in total. The SMILES string of the molecule is CC1CCN(c2c(NCC3CCC(C(=O)N4CCc5ccccc54)CC3)c(=O)c2=O)CC1. The first-order valence-corrected chi connectivity index (χ1v) is 12.2. The Bertz CT molecular complexity index is 1050. The molecule has 1 aliphatic carbocycles. The van der Waals surface area contributed by atoms with Crippen LogP contribution in [0.15, 0.2) is 33.9 Å². The third-order valence-electron chi connectivity index (χ3n) is 7.90. The lowest BCUT2D eigenvalue weighted by molar-refractivity contribution is -0.123. The molecule has 2 heterocycles. The van der Waals surface area contributed by atoms with Crippen molar-refractivity contribution in [2.75, 3.05) is 41.3 Å². The van der Waals surface area contributed by atoms with Gasteiger partial charge in [-0.05, 0) is 68.4 Å². The molecule has 2 aromatic carbocycles. The molecule has 1 amide bonds. The molecular formula is C26H33N3O3. The summed E-state index contributed by atoms with van der Waals surface area (Å²) in [6.45, 7) is 5.45. The van der Waals surface area contributed by atoms with Crippen LogP contribution in [0.1, 0.15) is 51.0 Å². The van der Waals surface area contributed by atoms with E-state index in [2.05, 4.69) is 29.3 Å². The van der Waals surface area contributed by atoms with E-state index in [1.165, 1.54) is 5.56 Å². The predicted octanol–water partition coefficient (Wildman–Crippen LogP) is 3.33. The number of nitrogens with zero attached hydrogens (tertiary/aromatic N) is 2. The van der Waals surface area contributed by atoms with Crippen LogP contribution in [0.5, 0.6) is 0 Å². The van der Waals surface area contributed by atoms with Crippen molar-refractivity contribution in [3.8, 4) is 0 Å². The molecule has 6 heteroatoms. The fourth-order valence-electron chi connectivity index (χ4n) is 5.73. The fraction of sp³-hybridized carbons (Fsp3) is 0.577. The van der Waals surface area contributed by atoms with E-state index < -0.39 is 0 Å². The van der Waals surface area contributed by atoms with Crippen molar-refractivity contribution < 1.29 is 4.79 Å². The van der Waals surface area contributed by atoms with Crippen LogP contribution in [-0.4, -0.2) is 32.1 Å². The van der Waals surface area contributed by atoms with E-state index in [0.717, 1.165) is 70.3 Å². The first-order valence-electron chi connectivity index (χ1n) is 12.2. The lowest BCUT2D eigenvalue weighted by Gasteiger charge is -2.34. The van der Waals surface area contributed by atoms with E-state index in [-0.39, 0.29) is 22.7 Å². The zero-order chi connectivity index (χ0) is 22.2. The molecule has 0 aromatic heterocycles. The van der Waals surface area contributed by atoms with Crippen molar-refractivity contribution in [2.24, 2.45) is 17.8 Å². The number of anilines is 3. The topological polar surface area (TPSA) is 69.7 Å². The van der Waals surface area contributed by atoms with Crippen molar-refractivity contribution in [3.05, 3.63) is 50.3 Å². The maximum Gasteiger partial charge on any atom is 0.253 e. The number of amides is 1. The van der Waals surface area contributed by atoms with Crippen LogP contribution >= 0.6 is 0 Å². The summed E-state index contributed by atoms with van der Waals surface area (Å²) in [6.07, 6.45) is 6.83. The Morgan fingerprint density at radius 2 is 1.69 bits per heavy atom. The van der Waals surface area contributed by atoms with E-state index in [9.17, 15) is 14.4 Å². The first kappa shape index (κ1) is 21.2. The summed E-state index contributed by atoms with van der Waals surface area (Å²) in [6, 6.07) is 8.22. The van der Waals surface area contributed by atoms with Crippen LogP contribution in [0.2, 0.25) is 0 Å². The second-order valence-corrected chi connectivity index (χ2v) is 10.0. The van der Waals surface area contributed by atoms with E-state index in [0.29, 0.717) is 29.8 Å². The maximum absolute atomic E-state index is 13.1. The number of benzene rings is 1. The van der Waals surface area contributed by atoms with Crippen molar-refractivity contribution in [1.82, 2.24) is 0 Å². The number of para-hydroxylation sites is 1. The zero-order valence-electron chi connectivity index (χ0n) is 18.9. The van der Waals surface area contributed by atoms with E-state index in [1.807, 2.05) is 17.0 Å².